The van der Waals surface area contributed by atoms with E-state index in [0.717, 1.165) is 11.0 Å². The Morgan fingerprint density at radius 2 is 1.81 bits per heavy atom. The van der Waals surface area contributed by atoms with Crippen molar-refractivity contribution in [3.8, 4) is 0 Å². The molecular weight excluding hydrogens is 270 g/mol. The van der Waals surface area contributed by atoms with Crippen LogP contribution in [-0.2, 0) is 5.54 Å². The molecule has 1 N–H and O–H groups in total. The van der Waals surface area contributed by atoms with Crippen LogP contribution >= 0.6 is 0 Å². The Balaban J connectivity index is 2.66. The lowest BCUT2D eigenvalue weighted by Gasteiger charge is -2.25. The molecule has 0 saturated heterocycles. The first kappa shape index (κ1) is 13.4. The second-order valence-electron chi connectivity index (χ2n) is 5.92. The molecule has 21 heavy (non-hydrogen) atoms. The predicted octanol–water partition coefficient (Wildman–Crippen LogP) is 2.10. The minimum Gasteiger partial charge on any atom is -0.476 e. The molecule has 6 heteroatoms. The third-order valence-electron chi connectivity index (χ3n) is 3.43. The number of aromatic carboxylic acids is 1. The second kappa shape index (κ2) is 4.18. The summed E-state index contributed by atoms with van der Waals surface area (Å²) < 4.78 is 3.16. The summed E-state index contributed by atoms with van der Waals surface area (Å²) in [4.78, 5) is 28.0. The molecule has 0 radical (unpaired) electrons. The number of carboxylic acid groups (broad SMARTS) is 1. The summed E-state index contributed by atoms with van der Waals surface area (Å²) in [5, 5.41) is 9.24. The van der Waals surface area contributed by atoms with Crippen molar-refractivity contribution in [1.29, 1.82) is 0 Å². The van der Waals surface area contributed by atoms with Gasteiger partial charge in [-0.1, -0.05) is 12.1 Å². The van der Waals surface area contributed by atoms with Gasteiger partial charge in [0.2, 0.25) is 0 Å². The van der Waals surface area contributed by atoms with Gasteiger partial charge in [0.15, 0.2) is 5.69 Å². The fourth-order valence-corrected chi connectivity index (χ4v) is 2.63. The molecule has 0 amide bonds. The van der Waals surface area contributed by atoms with E-state index in [-0.39, 0.29) is 16.8 Å². The number of imidazole rings is 1. The Morgan fingerprint density at radius 3 is 2.38 bits per heavy atom. The van der Waals surface area contributed by atoms with E-state index in [1.807, 2.05) is 45.0 Å². The number of aromatic nitrogens is 3. The summed E-state index contributed by atoms with van der Waals surface area (Å²) in [5.41, 5.74) is 0.549. The standard InChI is InChI=1S/C15H15N3O3/c1-15(2,3)18-10-7-5-4-6-9(10)17-8-16-11(14(20)21)12(17)13(18)19/h4-8H,1-3H3,(H,20,21). The first-order valence-electron chi connectivity index (χ1n) is 6.57. The molecule has 2 heterocycles. The monoisotopic (exact) mass is 285 g/mol. The fraction of sp³-hybridized carbons (Fsp3) is 0.267. The van der Waals surface area contributed by atoms with E-state index in [9.17, 15) is 14.7 Å². The van der Waals surface area contributed by atoms with Crippen molar-refractivity contribution < 1.29 is 9.90 Å². The van der Waals surface area contributed by atoms with E-state index >= 15 is 0 Å². The summed E-state index contributed by atoms with van der Waals surface area (Å²) in [6.45, 7) is 5.73. The van der Waals surface area contributed by atoms with E-state index in [1.165, 1.54) is 6.33 Å². The molecule has 2 aromatic heterocycles. The van der Waals surface area contributed by atoms with Gasteiger partial charge in [0.05, 0.1) is 11.0 Å². The minimum absolute atomic E-state index is 0.0936. The quantitative estimate of drug-likeness (QED) is 0.743. The minimum atomic E-state index is -1.20. The van der Waals surface area contributed by atoms with Crippen LogP contribution in [0.5, 0.6) is 0 Å². The summed E-state index contributed by atoms with van der Waals surface area (Å²) in [6, 6.07) is 7.39. The van der Waals surface area contributed by atoms with Gasteiger partial charge in [-0.05, 0) is 32.9 Å². The van der Waals surface area contributed by atoms with E-state index in [1.54, 1.807) is 8.97 Å². The van der Waals surface area contributed by atoms with Crippen molar-refractivity contribution in [3.63, 3.8) is 0 Å². The fourth-order valence-electron chi connectivity index (χ4n) is 2.63. The number of hydrogen-bond donors (Lipinski definition) is 1. The molecular formula is C15H15N3O3. The zero-order chi connectivity index (χ0) is 15.4. The van der Waals surface area contributed by atoms with E-state index in [0.29, 0.717) is 0 Å². The maximum atomic E-state index is 12.8. The second-order valence-corrected chi connectivity index (χ2v) is 5.92. The molecule has 0 saturated carbocycles. The van der Waals surface area contributed by atoms with Crippen LogP contribution in [0.15, 0.2) is 35.4 Å². The van der Waals surface area contributed by atoms with Crippen LogP contribution in [0.1, 0.15) is 31.3 Å². The van der Waals surface area contributed by atoms with Gasteiger partial charge in [-0.3, -0.25) is 13.8 Å². The zero-order valence-corrected chi connectivity index (χ0v) is 12.0. The lowest BCUT2D eigenvalue weighted by Crippen LogP contribution is -2.35. The number of carboxylic acids is 1. The van der Waals surface area contributed by atoms with Crippen LogP contribution in [0.4, 0.5) is 0 Å². The number of benzene rings is 1. The molecule has 0 unspecified atom stereocenters. The third-order valence-corrected chi connectivity index (χ3v) is 3.43. The third kappa shape index (κ3) is 1.83. The highest BCUT2D eigenvalue weighted by Crippen LogP contribution is 2.22. The Hall–Kier alpha value is -2.63. The molecule has 0 aliphatic heterocycles. The number of hydrogen-bond acceptors (Lipinski definition) is 3. The van der Waals surface area contributed by atoms with Crippen molar-refractivity contribution in [2.24, 2.45) is 0 Å². The Bertz CT molecular complexity index is 929. The van der Waals surface area contributed by atoms with E-state index < -0.39 is 11.5 Å². The molecule has 0 spiro atoms. The van der Waals surface area contributed by atoms with Crippen LogP contribution in [0.3, 0.4) is 0 Å². The van der Waals surface area contributed by atoms with Crippen molar-refractivity contribution in [3.05, 3.63) is 46.6 Å². The molecule has 0 atom stereocenters. The van der Waals surface area contributed by atoms with Gasteiger partial charge in [0.1, 0.15) is 11.8 Å². The molecule has 0 fully saturated rings. The van der Waals surface area contributed by atoms with Gasteiger partial charge < -0.3 is 5.11 Å². The highest BCUT2D eigenvalue weighted by Gasteiger charge is 2.24. The molecule has 108 valence electrons. The highest BCUT2D eigenvalue weighted by atomic mass is 16.4. The van der Waals surface area contributed by atoms with E-state index in [2.05, 4.69) is 4.98 Å². The molecule has 1 aromatic carbocycles. The SMILES string of the molecule is CC(C)(C)n1c(=O)c2c(C(=O)O)ncn2c2ccccc21. The molecule has 6 nitrogen and oxygen atoms in total. The largest absolute Gasteiger partial charge is 0.476 e. The first-order chi connectivity index (χ1) is 9.82. The number of rotatable bonds is 1. The van der Waals surface area contributed by atoms with Crippen LogP contribution in [-0.4, -0.2) is 25.0 Å². The lowest BCUT2D eigenvalue weighted by molar-refractivity contribution is 0.0693. The predicted molar refractivity (Wildman–Crippen MR) is 78.9 cm³/mol. The number of nitrogens with zero attached hydrogens (tertiary/aromatic N) is 3. The van der Waals surface area contributed by atoms with Gasteiger partial charge in [-0.15, -0.1) is 0 Å². The highest BCUT2D eigenvalue weighted by molar-refractivity contribution is 5.95. The zero-order valence-electron chi connectivity index (χ0n) is 12.0. The van der Waals surface area contributed by atoms with Crippen LogP contribution in [0, 0.1) is 0 Å². The summed E-state index contributed by atoms with van der Waals surface area (Å²) >= 11 is 0. The van der Waals surface area contributed by atoms with Gasteiger partial charge >= 0.3 is 5.97 Å². The van der Waals surface area contributed by atoms with Gasteiger partial charge in [-0.2, -0.15) is 0 Å². The van der Waals surface area contributed by atoms with Crippen molar-refractivity contribution >= 4 is 22.5 Å². The van der Waals surface area contributed by atoms with Crippen LogP contribution < -0.4 is 5.56 Å². The van der Waals surface area contributed by atoms with Crippen molar-refractivity contribution in [1.82, 2.24) is 14.0 Å². The molecule has 3 rings (SSSR count). The topological polar surface area (TPSA) is 76.6 Å². The van der Waals surface area contributed by atoms with E-state index in [4.69, 9.17) is 0 Å². The number of carbonyl (C=O) groups is 1. The lowest BCUT2D eigenvalue weighted by atomic mass is 10.1. The normalized spacial score (nSPS) is 12.1. The molecule has 0 aliphatic rings. The molecule has 0 bridgehead atoms. The van der Waals surface area contributed by atoms with Crippen molar-refractivity contribution in [2.45, 2.75) is 26.3 Å². The molecule has 0 aliphatic carbocycles. The van der Waals surface area contributed by atoms with Crippen molar-refractivity contribution in [2.75, 3.05) is 0 Å². The van der Waals surface area contributed by atoms with Gasteiger partial charge in [-0.25, -0.2) is 9.78 Å². The van der Waals surface area contributed by atoms with Crippen LogP contribution in [0.2, 0.25) is 0 Å². The first-order valence-corrected chi connectivity index (χ1v) is 6.57. The average molecular weight is 285 g/mol. The van der Waals surface area contributed by atoms with Gasteiger partial charge in [0.25, 0.3) is 5.56 Å². The summed E-state index contributed by atoms with van der Waals surface area (Å²) in [7, 11) is 0. The van der Waals surface area contributed by atoms with Crippen LogP contribution in [0.25, 0.3) is 16.6 Å². The Morgan fingerprint density at radius 1 is 1.19 bits per heavy atom. The number of para-hydroxylation sites is 2. The smallest absolute Gasteiger partial charge is 0.356 e. The molecule has 3 aromatic rings. The number of fused-ring (bicyclic) bond motifs is 3. The Kier molecular flexibility index (Phi) is 2.66. The van der Waals surface area contributed by atoms with Gasteiger partial charge in [0, 0.05) is 5.54 Å². The Labute approximate surface area is 120 Å². The summed E-state index contributed by atoms with van der Waals surface area (Å²) in [5.74, 6) is -1.20. The summed E-state index contributed by atoms with van der Waals surface area (Å²) in [6.07, 6.45) is 1.38. The average Bonchev–Trinajstić information content (AvgIpc) is 2.83. The maximum absolute atomic E-state index is 12.8. The maximum Gasteiger partial charge on any atom is 0.356 e.